The van der Waals surface area contributed by atoms with Crippen molar-refractivity contribution in [3.8, 4) is 11.5 Å². The number of nitrogens with zero attached hydrogens (tertiary/aromatic N) is 5. The number of carbonyl (C=O) groups excluding carboxylic acids is 1. The number of fused-ring (bicyclic) bond motifs is 1. The molecule has 2 aromatic carbocycles. The molecule has 10 heteroatoms. The molecule has 10 nitrogen and oxygen atoms in total. The molecule has 5 N–H and O–H groups in total. The second-order valence-corrected chi connectivity index (χ2v) is 9.67. The number of rotatable bonds is 7. The minimum atomic E-state index is -0.0204. The van der Waals surface area contributed by atoms with Crippen molar-refractivity contribution in [1.82, 2.24) is 19.9 Å². The predicted octanol–water partition coefficient (Wildman–Crippen LogP) is 4.65. The Morgan fingerprint density at radius 2 is 1.95 bits per heavy atom. The first kappa shape index (κ1) is 25.9. The van der Waals surface area contributed by atoms with Gasteiger partial charge in [0.2, 0.25) is 5.91 Å². The maximum absolute atomic E-state index is 11.9. The van der Waals surface area contributed by atoms with E-state index in [-0.39, 0.29) is 11.8 Å². The summed E-state index contributed by atoms with van der Waals surface area (Å²) in [4.78, 5) is 27.6. The number of amides is 1. The Morgan fingerprint density at radius 3 is 2.64 bits per heavy atom. The minimum absolute atomic E-state index is 0.0204. The van der Waals surface area contributed by atoms with Crippen LogP contribution in [0.3, 0.4) is 0 Å². The Kier molecular flexibility index (Phi) is 7.29. The number of likely N-dealkylation sites (tertiary alicyclic amines) is 1. The molecule has 5 rings (SSSR count). The van der Waals surface area contributed by atoms with Crippen LogP contribution in [0.4, 0.5) is 22.9 Å². The lowest BCUT2D eigenvalue weighted by atomic mass is 9.93. The monoisotopic (exact) mass is 524 g/mol. The first-order valence-corrected chi connectivity index (χ1v) is 12.8. The van der Waals surface area contributed by atoms with Crippen LogP contribution >= 0.6 is 0 Å². The molecule has 0 bridgehead atoms. The average molecular weight is 525 g/mol. The lowest BCUT2D eigenvalue weighted by Crippen LogP contribution is -2.36. The molecule has 0 atom stereocenters. The molecule has 0 aliphatic carbocycles. The number of aryl methyl sites for hydroxylation is 1. The van der Waals surface area contributed by atoms with Crippen molar-refractivity contribution in [1.29, 1.82) is 0 Å². The number of carbonyl (C=O) groups is 1. The van der Waals surface area contributed by atoms with Crippen LogP contribution in [-0.2, 0) is 4.79 Å². The Hall–Kier alpha value is -4.70. The molecule has 0 radical (unpaired) electrons. The zero-order valence-electron chi connectivity index (χ0n) is 22.1. The van der Waals surface area contributed by atoms with E-state index in [0.29, 0.717) is 41.6 Å². The fourth-order valence-corrected chi connectivity index (χ4v) is 4.82. The second kappa shape index (κ2) is 11.0. The van der Waals surface area contributed by atoms with Gasteiger partial charge in [-0.25, -0.2) is 20.8 Å². The molecule has 4 aromatic rings. The first-order chi connectivity index (χ1) is 18.8. The van der Waals surface area contributed by atoms with Gasteiger partial charge in [0.05, 0.1) is 16.9 Å². The zero-order valence-corrected chi connectivity index (χ0v) is 22.1. The van der Waals surface area contributed by atoms with E-state index in [1.54, 1.807) is 13.1 Å². The molecule has 0 spiro atoms. The highest BCUT2D eigenvalue weighted by molar-refractivity contribution is 5.88. The summed E-state index contributed by atoms with van der Waals surface area (Å²) < 4.78 is 6.08. The van der Waals surface area contributed by atoms with Gasteiger partial charge in [-0.05, 0) is 73.9 Å². The van der Waals surface area contributed by atoms with Gasteiger partial charge >= 0.3 is 0 Å². The van der Waals surface area contributed by atoms with Gasteiger partial charge in [-0.15, -0.1) is 0 Å². The predicted molar refractivity (Wildman–Crippen MR) is 154 cm³/mol. The summed E-state index contributed by atoms with van der Waals surface area (Å²) in [7, 11) is 1.73. The molecule has 0 unspecified atom stereocenters. The quantitative estimate of drug-likeness (QED) is 0.137. The van der Waals surface area contributed by atoms with E-state index in [9.17, 15) is 4.79 Å². The van der Waals surface area contributed by atoms with Crippen LogP contribution in [-0.4, -0.2) is 45.9 Å². The van der Waals surface area contributed by atoms with Gasteiger partial charge in [-0.1, -0.05) is 6.58 Å². The van der Waals surface area contributed by atoms with Gasteiger partial charge < -0.3 is 25.7 Å². The number of anilines is 4. The van der Waals surface area contributed by atoms with Gasteiger partial charge in [0, 0.05) is 43.5 Å². The highest BCUT2D eigenvalue weighted by atomic mass is 16.5. The number of hydrogen-bond donors (Lipinski definition) is 3. The maximum Gasteiger partial charge on any atom is 0.245 e. The fraction of sp³-hybridized carbons (Fsp3) is 0.241. The second-order valence-electron chi connectivity index (χ2n) is 9.67. The normalized spacial score (nSPS) is 13.8. The summed E-state index contributed by atoms with van der Waals surface area (Å²) >= 11 is 0. The molecule has 1 amide bonds. The number of aromatic nitrogens is 3. The number of hydrazine groups is 1. The molecule has 3 heterocycles. The van der Waals surface area contributed by atoms with E-state index >= 15 is 0 Å². The molecule has 1 fully saturated rings. The SMILES string of the molecule is C=CC(=O)N1CCC(c2ccc3ncnc(Nc4ccc(Oc5ccc(N(C)N)c(N)c5)c(C)c4)c3n2)CC1. The zero-order chi connectivity index (χ0) is 27.5. The maximum atomic E-state index is 11.9. The first-order valence-electron chi connectivity index (χ1n) is 12.8. The van der Waals surface area contributed by atoms with Crippen molar-refractivity contribution in [3.05, 3.63) is 78.8 Å². The highest BCUT2D eigenvalue weighted by Gasteiger charge is 2.24. The van der Waals surface area contributed by atoms with Crippen molar-refractivity contribution in [3.63, 3.8) is 0 Å². The lowest BCUT2D eigenvalue weighted by molar-refractivity contribution is -0.127. The third kappa shape index (κ3) is 5.60. The number of pyridine rings is 1. The molecule has 1 aliphatic heterocycles. The molecular weight excluding hydrogens is 492 g/mol. The number of hydrogen-bond acceptors (Lipinski definition) is 9. The van der Waals surface area contributed by atoms with Crippen molar-refractivity contribution in [2.45, 2.75) is 25.7 Å². The third-order valence-electron chi connectivity index (χ3n) is 6.95. The molecule has 200 valence electrons. The number of nitrogens with one attached hydrogen (secondary N) is 1. The smallest absolute Gasteiger partial charge is 0.245 e. The van der Waals surface area contributed by atoms with Crippen molar-refractivity contribution >= 4 is 39.8 Å². The Bertz CT molecular complexity index is 1530. The van der Waals surface area contributed by atoms with E-state index in [0.717, 1.165) is 41.0 Å². The van der Waals surface area contributed by atoms with E-state index in [2.05, 4.69) is 21.9 Å². The van der Waals surface area contributed by atoms with Crippen molar-refractivity contribution in [2.75, 3.05) is 36.2 Å². The van der Waals surface area contributed by atoms with Crippen molar-refractivity contribution in [2.24, 2.45) is 5.84 Å². The molecule has 0 saturated carbocycles. The van der Waals surface area contributed by atoms with Gasteiger partial charge in [-0.3, -0.25) is 4.79 Å². The van der Waals surface area contributed by atoms with Crippen LogP contribution in [0.2, 0.25) is 0 Å². The molecule has 1 aliphatic rings. The van der Waals surface area contributed by atoms with Crippen molar-refractivity contribution < 1.29 is 9.53 Å². The van der Waals surface area contributed by atoms with Crippen LogP contribution in [0.25, 0.3) is 11.0 Å². The number of nitrogen functional groups attached to an aromatic ring is 1. The fourth-order valence-electron chi connectivity index (χ4n) is 4.82. The van der Waals surface area contributed by atoms with Crippen LogP contribution in [0.5, 0.6) is 11.5 Å². The molecule has 39 heavy (non-hydrogen) atoms. The highest BCUT2D eigenvalue weighted by Crippen LogP contribution is 2.33. The minimum Gasteiger partial charge on any atom is -0.457 e. The summed E-state index contributed by atoms with van der Waals surface area (Å²) in [5.41, 5.74) is 11.6. The van der Waals surface area contributed by atoms with E-state index in [1.807, 2.05) is 54.3 Å². The Labute approximate surface area is 227 Å². The number of ether oxygens (including phenoxy) is 1. The summed E-state index contributed by atoms with van der Waals surface area (Å²) in [6.07, 6.45) is 4.61. The van der Waals surface area contributed by atoms with Gasteiger partial charge in [0.15, 0.2) is 5.82 Å². The topological polar surface area (TPSA) is 136 Å². The number of benzene rings is 2. The Morgan fingerprint density at radius 1 is 1.15 bits per heavy atom. The lowest BCUT2D eigenvalue weighted by Gasteiger charge is -2.31. The number of piperidine rings is 1. The molecule has 1 saturated heterocycles. The van der Waals surface area contributed by atoms with E-state index < -0.39 is 0 Å². The van der Waals surface area contributed by atoms with Gasteiger partial charge in [0.1, 0.15) is 23.3 Å². The third-order valence-corrected chi connectivity index (χ3v) is 6.95. The summed E-state index contributed by atoms with van der Waals surface area (Å²) in [5.74, 6) is 8.01. The van der Waals surface area contributed by atoms with Gasteiger partial charge in [0.25, 0.3) is 0 Å². The van der Waals surface area contributed by atoms with Crippen LogP contribution in [0.15, 0.2) is 67.5 Å². The summed E-state index contributed by atoms with van der Waals surface area (Å²) in [5, 5.41) is 4.86. The Balaban J connectivity index is 1.33. The standard InChI is InChI=1S/C29H32N8O2/c1-4-27(38)37-13-11-19(12-14-37)23-7-8-24-28(35-23)29(33-17-32-24)34-20-5-10-26(18(2)15-20)39-21-6-9-25(36(3)31)22(30)16-21/h4-10,15-17,19H,1,11-14,30-31H2,2-3H3,(H,32,33,34). The largest absolute Gasteiger partial charge is 0.457 e. The van der Waals surface area contributed by atoms with Crippen LogP contribution in [0, 0.1) is 6.92 Å². The van der Waals surface area contributed by atoms with Gasteiger partial charge in [-0.2, -0.15) is 0 Å². The summed E-state index contributed by atoms with van der Waals surface area (Å²) in [6, 6.07) is 15.2. The van der Waals surface area contributed by atoms with E-state index in [1.165, 1.54) is 17.4 Å². The van der Waals surface area contributed by atoms with Crippen LogP contribution < -0.4 is 26.6 Å². The molecule has 2 aromatic heterocycles. The van der Waals surface area contributed by atoms with E-state index in [4.69, 9.17) is 21.3 Å². The summed E-state index contributed by atoms with van der Waals surface area (Å²) in [6.45, 7) is 6.96. The number of nitrogens with two attached hydrogens (primary N) is 2. The average Bonchev–Trinajstić information content (AvgIpc) is 2.94. The molecular formula is C29H32N8O2. The van der Waals surface area contributed by atoms with Crippen LogP contribution in [0.1, 0.15) is 30.0 Å².